The first-order valence-electron chi connectivity index (χ1n) is 2.74. The van der Waals surface area contributed by atoms with Crippen molar-refractivity contribution in [2.45, 2.75) is 6.92 Å². The molecule has 0 aliphatic rings. The lowest BCUT2D eigenvalue weighted by atomic mass is 10.3. The Labute approximate surface area is 72.3 Å². The standard InChI is InChI=1S/C6H6FIN2/c1-4-5(7)2-3-6(9-4)10-8/h2-3H,1H3,(H,9,10). The Morgan fingerprint density at radius 3 is 2.80 bits per heavy atom. The molecule has 10 heavy (non-hydrogen) atoms. The van der Waals surface area contributed by atoms with Crippen LogP contribution in [0, 0.1) is 12.7 Å². The molecule has 1 N–H and O–H groups in total. The highest BCUT2D eigenvalue weighted by molar-refractivity contribution is 14.1. The summed E-state index contributed by atoms with van der Waals surface area (Å²) in [6.07, 6.45) is 0. The Hall–Kier alpha value is -0.390. The third kappa shape index (κ3) is 1.56. The van der Waals surface area contributed by atoms with Crippen LogP contribution in [-0.4, -0.2) is 4.98 Å². The monoisotopic (exact) mass is 252 g/mol. The Kier molecular flexibility index (Phi) is 2.42. The zero-order valence-electron chi connectivity index (χ0n) is 5.36. The molecule has 1 aromatic heterocycles. The van der Waals surface area contributed by atoms with E-state index in [4.69, 9.17) is 0 Å². The van der Waals surface area contributed by atoms with E-state index in [-0.39, 0.29) is 5.82 Å². The number of halogens is 2. The summed E-state index contributed by atoms with van der Waals surface area (Å²) < 4.78 is 15.3. The van der Waals surface area contributed by atoms with Crippen LogP contribution < -0.4 is 3.53 Å². The molecule has 0 aliphatic carbocycles. The van der Waals surface area contributed by atoms with Crippen LogP contribution in [0.25, 0.3) is 0 Å². The van der Waals surface area contributed by atoms with Crippen molar-refractivity contribution in [2.24, 2.45) is 0 Å². The minimum absolute atomic E-state index is 0.268. The van der Waals surface area contributed by atoms with Crippen LogP contribution in [0.5, 0.6) is 0 Å². The second-order valence-corrected chi connectivity index (χ2v) is 2.40. The fraction of sp³-hybridized carbons (Fsp3) is 0.167. The number of rotatable bonds is 1. The molecule has 2 nitrogen and oxygen atoms in total. The number of pyridine rings is 1. The molecule has 0 saturated carbocycles. The molecule has 0 bridgehead atoms. The fourth-order valence-electron chi connectivity index (χ4n) is 0.597. The molecule has 0 spiro atoms. The van der Waals surface area contributed by atoms with Crippen molar-refractivity contribution in [3.63, 3.8) is 0 Å². The average molecular weight is 252 g/mol. The van der Waals surface area contributed by atoms with Gasteiger partial charge < -0.3 is 3.53 Å². The summed E-state index contributed by atoms with van der Waals surface area (Å²) in [5, 5.41) is 0. The smallest absolute Gasteiger partial charge is 0.144 e. The molecule has 0 fully saturated rings. The Morgan fingerprint density at radius 2 is 2.30 bits per heavy atom. The largest absolute Gasteiger partial charge is 0.313 e. The molecule has 0 aromatic carbocycles. The minimum atomic E-state index is -0.268. The fourth-order valence-corrected chi connectivity index (χ4v) is 0.897. The number of anilines is 1. The third-order valence-corrected chi connectivity index (χ3v) is 1.67. The van der Waals surface area contributed by atoms with Gasteiger partial charge in [-0.25, -0.2) is 9.37 Å². The van der Waals surface area contributed by atoms with Crippen molar-refractivity contribution in [3.8, 4) is 0 Å². The zero-order valence-corrected chi connectivity index (χ0v) is 7.52. The topological polar surface area (TPSA) is 24.9 Å². The molecular weight excluding hydrogens is 246 g/mol. The summed E-state index contributed by atoms with van der Waals surface area (Å²) in [5.41, 5.74) is 0.418. The molecule has 0 radical (unpaired) electrons. The summed E-state index contributed by atoms with van der Waals surface area (Å²) in [7, 11) is 0. The first-order chi connectivity index (χ1) is 4.74. The van der Waals surface area contributed by atoms with Gasteiger partial charge in [0, 0.05) is 0 Å². The number of nitrogens with zero attached hydrogens (tertiary/aromatic N) is 1. The molecule has 0 saturated heterocycles. The van der Waals surface area contributed by atoms with Crippen molar-refractivity contribution in [1.82, 2.24) is 4.98 Å². The van der Waals surface area contributed by atoms with E-state index in [0.717, 1.165) is 0 Å². The van der Waals surface area contributed by atoms with Crippen LogP contribution in [-0.2, 0) is 0 Å². The maximum absolute atomic E-state index is 12.5. The van der Waals surface area contributed by atoms with Crippen molar-refractivity contribution in [3.05, 3.63) is 23.6 Å². The van der Waals surface area contributed by atoms with Gasteiger partial charge in [-0.2, -0.15) is 0 Å². The van der Waals surface area contributed by atoms with Crippen LogP contribution in [0.1, 0.15) is 5.69 Å². The molecule has 1 heterocycles. The van der Waals surface area contributed by atoms with Crippen molar-refractivity contribution in [2.75, 3.05) is 3.53 Å². The van der Waals surface area contributed by atoms with Gasteiger partial charge in [0.2, 0.25) is 0 Å². The molecule has 1 rings (SSSR count). The Balaban J connectivity index is 3.04. The summed E-state index contributed by atoms with van der Waals surface area (Å²) in [6, 6.07) is 2.98. The molecular formula is C6H6FIN2. The minimum Gasteiger partial charge on any atom is -0.313 e. The number of hydrogen-bond acceptors (Lipinski definition) is 2. The van der Waals surface area contributed by atoms with Gasteiger partial charge >= 0.3 is 0 Å². The van der Waals surface area contributed by atoms with E-state index < -0.39 is 0 Å². The number of nitrogens with one attached hydrogen (secondary N) is 1. The number of hydrogen-bond donors (Lipinski definition) is 1. The molecule has 0 atom stereocenters. The van der Waals surface area contributed by atoms with E-state index >= 15 is 0 Å². The van der Waals surface area contributed by atoms with Gasteiger partial charge in [0.25, 0.3) is 0 Å². The molecule has 0 aliphatic heterocycles. The number of aromatic nitrogens is 1. The number of aryl methyl sites for hydroxylation is 1. The lowest BCUT2D eigenvalue weighted by molar-refractivity contribution is 0.610. The first kappa shape index (κ1) is 7.71. The lowest BCUT2D eigenvalue weighted by Gasteiger charge is -1.98. The highest BCUT2D eigenvalue weighted by Gasteiger charge is 1.97. The van der Waals surface area contributed by atoms with Crippen LogP contribution in [0.15, 0.2) is 12.1 Å². The van der Waals surface area contributed by atoms with Crippen molar-refractivity contribution < 1.29 is 4.39 Å². The molecule has 0 unspecified atom stereocenters. The normalized spacial score (nSPS) is 9.50. The van der Waals surface area contributed by atoms with Gasteiger partial charge in [-0.1, -0.05) is 0 Å². The van der Waals surface area contributed by atoms with Crippen LogP contribution in [0.2, 0.25) is 0 Å². The molecule has 54 valence electrons. The third-order valence-electron chi connectivity index (χ3n) is 1.12. The highest BCUT2D eigenvalue weighted by Crippen LogP contribution is 2.09. The SMILES string of the molecule is Cc1nc(NI)ccc1F. The zero-order chi connectivity index (χ0) is 7.56. The van der Waals surface area contributed by atoms with Gasteiger partial charge in [-0.05, 0) is 19.1 Å². The highest BCUT2D eigenvalue weighted by atomic mass is 127. The van der Waals surface area contributed by atoms with Crippen molar-refractivity contribution >= 4 is 28.7 Å². The van der Waals surface area contributed by atoms with Gasteiger partial charge in [-0.3, -0.25) is 0 Å². The van der Waals surface area contributed by atoms with Gasteiger partial charge in [-0.15, -0.1) is 0 Å². The van der Waals surface area contributed by atoms with Crippen molar-refractivity contribution in [1.29, 1.82) is 0 Å². The summed E-state index contributed by atoms with van der Waals surface area (Å²) in [5.74, 6) is 0.412. The Morgan fingerprint density at radius 1 is 1.60 bits per heavy atom. The maximum Gasteiger partial charge on any atom is 0.144 e. The first-order valence-corrected chi connectivity index (χ1v) is 3.81. The van der Waals surface area contributed by atoms with E-state index in [2.05, 4.69) is 8.51 Å². The van der Waals surface area contributed by atoms with E-state index in [0.29, 0.717) is 11.5 Å². The van der Waals surface area contributed by atoms with Crippen LogP contribution >= 0.6 is 22.9 Å². The van der Waals surface area contributed by atoms with E-state index in [1.54, 1.807) is 13.0 Å². The predicted molar refractivity (Wildman–Crippen MR) is 46.6 cm³/mol. The van der Waals surface area contributed by atoms with Gasteiger partial charge in [0.15, 0.2) is 0 Å². The molecule has 1 aromatic rings. The summed E-state index contributed by atoms with van der Waals surface area (Å²) >= 11 is 1.95. The summed E-state index contributed by atoms with van der Waals surface area (Å²) in [6.45, 7) is 1.63. The lowest BCUT2D eigenvalue weighted by Crippen LogP contribution is -1.90. The van der Waals surface area contributed by atoms with E-state index in [1.165, 1.54) is 6.07 Å². The quantitative estimate of drug-likeness (QED) is 0.612. The molecule has 0 amide bonds. The van der Waals surface area contributed by atoms with Crippen LogP contribution in [0.4, 0.5) is 10.2 Å². The van der Waals surface area contributed by atoms with E-state index in [1.807, 2.05) is 22.9 Å². The van der Waals surface area contributed by atoms with Crippen LogP contribution in [0.3, 0.4) is 0 Å². The second-order valence-electron chi connectivity index (χ2n) is 1.86. The van der Waals surface area contributed by atoms with Gasteiger partial charge in [0.1, 0.15) is 11.6 Å². The maximum atomic E-state index is 12.5. The van der Waals surface area contributed by atoms with Gasteiger partial charge in [0.05, 0.1) is 28.6 Å². The Bertz CT molecular complexity index is 239. The predicted octanol–water partition coefficient (Wildman–Crippen LogP) is 2.29. The second kappa shape index (κ2) is 3.14. The molecule has 4 heteroatoms. The van der Waals surface area contributed by atoms with E-state index in [9.17, 15) is 4.39 Å². The summed E-state index contributed by atoms with van der Waals surface area (Å²) in [4.78, 5) is 3.90. The average Bonchev–Trinajstić information content (AvgIpc) is 1.95.